The van der Waals surface area contributed by atoms with Crippen LogP contribution in [0.4, 0.5) is 14.9 Å². The highest BCUT2D eigenvalue weighted by molar-refractivity contribution is 5.91. The predicted molar refractivity (Wildman–Crippen MR) is 100 cm³/mol. The number of nitrogens with one attached hydrogen (secondary N) is 2. The average Bonchev–Trinajstić information content (AvgIpc) is 2.65. The number of halogens is 1. The summed E-state index contributed by atoms with van der Waals surface area (Å²) in [6.07, 6.45) is 2.11. The standard InChI is InChI=1S/C20H24FN3O2/c1-24-12-10-15(11-13-24)14-22-20(25)23-19-17(21)8-5-9-18(19)26-16-6-3-2-4-7-16/h2-9,15H,10-14H2,1H3,(H2,22,23,25). The highest BCUT2D eigenvalue weighted by Crippen LogP contribution is 2.31. The third-order valence-corrected chi connectivity index (χ3v) is 4.57. The molecule has 0 saturated carbocycles. The van der Waals surface area contributed by atoms with E-state index in [0.717, 1.165) is 25.9 Å². The van der Waals surface area contributed by atoms with Crippen LogP contribution < -0.4 is 15.4 Å². The maximum atomic E-state index is 14.2. The lowest BCUT2D eigenvalue weighted by molar-refractivity contribution is 0.213. The fourth-order valence-corrected chi connectivity index (χ4v) is 2.99. The minimum Gasteiger partial charge on any atom is -0.455 e. The predicted octanol–water partition coefficient (Wildman–Crippen LogP) is 4.08. The van der Waals surface area contributed by atoms with Gasteiger partial charge in [-0.1, -0.05) is 24.3 Å². The SMILES string of the molecule is CN1CCC(CNC(=O)Nc2c(F)cccc2Oc2ccccc2)CC1. The number of carbonyl (C=O) groups excluding carboxylic acids is 1. The molecule has 1 fully saturated rings. The highest BCUT2D eigenvalue weighted by Gasteiger charge is 2.18. The van der Waals surface area contributed by atoms with E-state index in [-0.39, 0.29) is 11.4 Å². The lowest BCUT2D eigenvalue weighted by atomic mass is 9.97. The second kappa shape index (κ2) is 8.67. The molecule has 2 amide bonds. The number of ether oxygens (including phenoxy) is 1. The zero-order chi connectivity index (χ0) is 18.4. The Morgan fingerprint density at radius 3 is 2.62 bits per heavy atom. The topological polar surface area (TPSA) is 53.6 Å². The molecule has 0 radical (unpaired) electrons. The normalized spacial score (nSPS) is 15.5. The third-order valence-electron chi connectivity index (χ3n) is 4.57. The first-order valence-corrected chi connectivity index (χ1v) is 8.86. The van der Waals surface area contributed by atoms with Crippen molar-refractivity contribution in [1.29, 1.82) is 0 Å². The molecule has 138 valence electrons. The molecule has 2 aromatic rings. The Kier molecular flexibility index (Phi) is 6.07. The van der Waals surface area contributed by atoms with Gasteiger partial charge in [-0.3, -0.25) is 0 Å². The van der Waals surface area contributed by atoms with E-state index < -0.39 is 11.8 Å². The number of rotatable bonds is 5. The second-order valence-electron chi connectivity index (χ2n) is 6.61. The van der Waals surface area contributed by atoms with Gasteiger partial charge in [-0.05, 0) is 63.2 Å². The van der Waals surface area contributed by atoms with Crippen molar-refractivity contribution in [2.75, 3.05) is 32.0 Å². The Morgan fingerprint density at radius 2 is 1.88 bits per heavy atom. The van der Waals surface area contributed by atoms with E-state index in [2.05, 4.69) is 22.6 Å². The summed E-state index contributed by atoms with van der Waals surface area (Å²) in [6, 6.07) is 13.1. The number of hydrogen-bond acceptors (Lipinski definition) is 3. The molecule has 0 aliphatic carbocycles. The number of piperidine rings is 1. The van der Waals surface area contributed by atoms with Gasteiger partial charge in [-0.2, -0.15) is 0 Å². The fraction of sp³-hybridized carbons (Fsp3) is 0.350. The molecule has 0 spiro atoms. The molecule has 0 unspecified atom stereocenters. The maximum Gasteiger partial charge on any atom is 0.319 e. The molecule has 1 aliphatic heterocycles. The molecule has 1 heterocycles. The number of amides is 2. The van der Waals surface area contributed by atoms with Crippen molar-refractivity contribution < 1.29 is 13.9 Å². The van der Waals surface area contributed by atoms with E-state index >= 15 is 0 Å². The van der Waals surface area contributed by atoms with E-state index in [1.54, 1.807) is 24.3 Å². The number of anilines is 1. The van der Waals surface area contributed by atoms with Crippen LogP contribution in [-0.4, -0.2) is 37.6 Å². The molecule has 0 atom stereocenters. The van der Waals surface area contributed by atoms with E-state index in [1.165, 1.54) is 6.07 Å². The van der Waals surface area contributed by atoms with Crippen molar-refractivity contribution >= 4 is 11.7 Å². The molecule has 3 rings (SSSR count). The zero-order valence-corrected chi connectivity index (χ0v) is 14.9. The van der Waals surface area contributed by atoms with Crippen molar-refractivity contribution in [3.8, 4) is 11.5 Å². The molecule has 1 aliphatic rings. The van der Waals surface area contributed by atoms with Crippen molar-refractivity contribution in [3.63, 3.8) is 0 Å². The number of likely N-dealkylation sites (tertiary alicyclic amines) is 1. The number of hydrogen-bond donors (Lipinski definition) is 2. The molecule has 2 aromatic carbocycles. The van der Waals surface area contributed by atoms with Gasteiger partial charge in [0.25, 0.3) is 0 Å². The van der Waals surface area contributed by atoms with Crippen LogP contribution in [0.2, 0.25) is 0 Å². The number of nitrogens with zero attached hydrogens (tertiary/aromatic N) is 1. The third kappa shape index (κ3) is 4.95. The first-order valence-electron chi connectivity index (χ1n) is 8.86. The van der Waals surface area contributed by atoms with Crippen LogP contribution in [0, 0.1) is 11.7 Å². The van der Waals surface area contributed by atoms with E-state index in [4.69, 9.17) is 4.74 Å². The van der Waals surface area contributed by atoms with Crippen LogP contribution >= 0.6 is 0 Å². The lowest BCUT2D eigenvalue weighted by Crippen LogP contribution is -2.38. The van der Waals surface area contributed by atoms with Crippen molar-refractivity contribution in [2.45, 2.75) is 12.8 Å². The van der Waals surface area contributed by atoms with Gasteiger partial charge in [-0.15, -0.1) is 0 Å². The molecule has 1 saturated heterocycles. The molecule has 5 nitrogen and oxygen atoms in total. The summed E-state index contributed by atoms with van der Waals surface area (Å²) in [6.45, 7) is 2.66. The average molecular weight is 357 g/mol. The first kappa shape index (κ1) is 18.2. The molecule has 0 aromatic heterocycles. The zero-order valence-electron chi connectivity index (χ0n) is 14.9. The summed E-state index contributed by atoms with van der Waals surface area (Å²) in [5.74, 6) is 0.768. The number of benzene rings is 2. The summed E-state index contributed by atoms with van der Waals surface area (Å²) < 4.78 is 19.9. The van der Waals surface area contributed by atoms with Crippen molar-refractivity contribution in [3.05, 3.63) is 54.3 Å². The van der Waals surface area contributed by atoms with Gasteiger partial charge in [0.15, 0.2) is 11.6 Å². The van der Waals surface area contributed by atoms with Gasteiger partial charge in [0.1, 0.15) is 11.4 Å². The van der Waals surface area contributed by atoms with Gasteiger partial charge in [0, 0.05) is 6.54 Å². The fourth-order valence-electron chi connectivity index (χ4n) is 2.99. The van der Waals surface area contributed by atoms with Gasteiger partial charge in [0.2, 0.25) is 0 Å². The van der Waals surface area contributed by atoms with Crippen molar-refractivity contribution in [1.82, 2.24) is 10.2 Å². The Labute approximate surface area is 153 Å². The first-order chi connectivity index (χ1) is 12.6. The Balaban J connectivity index is 1.60. The van der Waals surface area contributed by atoms with Crippen molar-refractivity contribution in [2.24, 2.45) is 5.92 Å². The summed E-state index contributed by atoms with van der Waals surface area (Å²) in [5.41, 5.74) is 0.0391. The monoisotopic (exact) mass is 357 g/mol. The van der Waals surface area contributed by atoms with Crippen LogP contribution in [0.5, 0.6) is 11.5 Å². The molecule has 2 N–H and O–H groups in total. The largest absolute Gasteiger partial charge is 0.455 e. The maximum absolute atomic E-state index is 14.2. The summed E-state index contributed by atoms with van der Waals surface area (Å²) in [5, 5.41) is 5.43. The molecular formula is C20H24FN3O2. The van der Waals surface area contributed by atoms with Crippen LogP contribution in [-0.2, 0) is 0 Å². The Morgan fingerprint density at radius 1 is 1.15 bits per heavy atom. The van der Waals surface area contributed by atoms with Crippen LogP contribution in [0.25, 0.3) is 0 Å². The summed E-state index contributed by atoms with van der Waals surface area (Å²) in [4.78, 5) is 14.5. The number of para-hydroxylation sites is 2. The summed E-state index contributed by atoms with van der Waals surface area (Å²) >= 11 is 0. The lowest BCUT2D eigenvalue weighted by Gasteiger charge is -2.28. The van der Waals surface area contributed by atoms with Crippen LogP contribution in [0.15, 0.2) is 48.5 Å². The molecular weight excluding hydrogens is 333 g/mol. The van der Waals surface area contributed by atoms with E-state index in [1.807, 2.05) is 18.2 Å². The van der Waals surface area contributed by atoms with Gasteiger partial charge in [0.05, 0.1) is 0 Å². The molecule has 26 heavy (non-hydrogen) atoms. The van der Waals surface area contributed by atoms with Gasteiger partial charge < -0.3 is 20.3 Å². The van der Waals surface area contributed by atoms with E-state index in [9.17, 15) is 9.18 Å². The Bertz CT molecular complexity index is 731. The van der Waals surface area contributed by atoms with Crippen LogP contribution in [0.3, 0.4) is 0 Å². The number of urea groups is 1. The Hall–Kier alpha value is -2.60. The smallest absolute Gasteiger partial charge is 0.319 e. The number of carbonyl (C=O) groups is 1. The molecule has 0 bridgehead atoms. The second-order valence-corrected chi connectivity index (χ2v) is 6.61. The van der Waals surface area contributed by atoms with Gasteiger partial charge in [-0.25, -0.2) is 9.18 Å². The summed E-state index contributed by atoms with van der Waals surface area (Å²) in [7, 11) is 2.10. The highest BCUT2D eigenvalue weighted by atomic mass is 19.1. The van der Waals surface area contributed by atoms with Crippen LogP contribution in [0.1, 0.15) is 12.8 Å². The minimum absolute atomic E-state index is 0.0391. The minimum atomic E-state index is -0.534. The molecule has 6 heteroatoms. The quantitative estimate of drug-likeness (QED) is 0.848. The van der Waals surface area contributed by atoms with Gasteiger partial charge >= 0.3 is 6.03 Å². The van der Waals surface area contributed by atoms with E-state index in [0.29, 0.717) is 18.2 Å².